The van der Waals surface area contributed by atoms with Crippen molar-refractivity contribution in [1.82, 2.24) is 9.80 Å². The Hall–Kier alpha value is -4.30. The first-order valence-electron chi connectivity index (χ1n) is 12.2. The van der Waals surface area contributed by atoms with Crippen LogP contribution in [-0.4, -0.2) is 48.4 Å². The van der Waals surface area contributed by atoms with Crippen LogP contribution in [0.2, 0.25) is 0 Å². The van der Waals surface area contributed by atoms with E-state index < -0.39 is 11.7 Å². The van der Waals surface area contributed by atoms with Gasteiger partial charge in [0.25, 0.3) is 5.91 Å². The van der Waals surface area contributed by atoms with Gasteiger partial charge in [-0.15, -0.1) is 0 Å². The summed E-state index contributed by atoms with van der Waals surface area (Å²) >= 11 is 0. The summed E-state index contributed by atoms with van der Waals surface area (Å²) < 4.78 is 24.2. The number of rotatable bonds is 10. The van der Waals surface area contributed by atoms with Crippen LogP contribution in [0.15, 0.2) is 88.3 Å². The number of amides is 2. The van der Waals surface area contributed by atoms with Crippen LogP contribution in [0.25, 0.3) is 11.0 Å². The van der Waals surface area contributed by atoms with Crippen LogP contribution in [0.5, 0.6) is 0 Å². The van der Waals surface area contributed by atoms with E-state index in [1.54, 1.807) is 12.1 Å². The molecule has 0 N–H and O–H groups in total. The Bertz CT molecular complexity index is 1470. The predicted molar refractivity (Wildman–Crippen MR) is 142 cm³/mol. The zero-order chi connectivity index (χ0) is 27.1. The number of carbonyl (C=O) groups is 2. The Labute approximate surface area is 220 Å². The summed E-state index contributed by atoms with van der Waals surface area (Å²) in [6.07, 6.45) is 1.39. The van der Waals surface area contributed by atoms with Crippen LogP contribution in [0.3, 0.4) is 0 Å². The molecule has 4 aromatic rings. The highest BCUT2D eigenvalue weighted by molar-refractivity contribution is 5.96. The first-order valence-corrected chi connectivity index (χ1v) is 12.2. The monoisotopic (exact) mass is 516 g/mol. The molecule has 196 valence electrons. The summed E-state index contributed by atoms with van der Waals surface area (Å²) in [5.41, 5.74) is 2.65. The normalized spacial score (nSPS) is 10.9. The van der Waals surface area contributed by atoms with Gasteiger partial charge >= 0.3 is 0 Å². The van der Waals surface area contributed by atoms with Gasteiger partial charge in [0.1, 0.15) is 17.9 Å². The number of benzene rings is 3. The minimum Gasteiger partial charge on any atom is -0.464 e. The van der Waals surface area contributed by atoms with E-state index in [0.717, 1.165) is 11.1 Å². The molecule has 0 spiro atoms. The van der Waals surface area contributed by atoms with Gasteiger partial charge in [-0.2, -0.15) is 0 Å². The van der Waals surface area contributed by atoms with Crippen molar-refractivity contribution in [3.05, 3.63) is 117 Å². The van der Waals surface area contributed by atoms with Crippen molar-refractivity contribution in [1.29, 1.82) is 0 Å². The lowest BCUT2D eigenvalue weighted by molar-refractivity contribution is -0.133. The van der Waals surface area contributed by atoms with E-state index in [4.69, 9.17) is 9.15 Å². The fourth-order valence-electron chi connectivity index (χ4n) is 4.13. The van der Waals surface area contributed by atoms with Crippen LogP contribution >= 0.6 is 0 Å². The molecule has 0 unspecified atom stereocenters. The highest BCUT2D eigenvalue weighted by Gasteiger charge is 2.24. The van der Waals surface area contributed by atoms with Gasteiger partial charge < -0.3 is 19.0 Å². The maximum atomic E-state index is 13.6. The molecule has 0 aliphatic rings. The van der Waals surface area contributed by atoms with Crippen molar-refractivity contribution < 1.29 is 23.1 Å². The lowest BCUT2D eigenvalue weighted by atomic mass is 10.1. The third-order valence-electron chi connectivity index (χ3n) is 6.20. The third-order valence-corrected chi connectivity index (χ3v) is 6.20. The van der Waals surface area contributed by atoms with E-state index in [1.807, 2.05) is 43.3 Å². The van der Waals surface area contributed by atoms with E-state index in [2.05, 4.69) is 0 Å². The van der Waals surface area contributed by atoms with Crippen LogP contribution in [0, 0.1) is 12.7 Å². The minimum absolute atomic E-state index is 0.00278. The average molecular weight is 517 g/mol. The molecule has 1 aromatic heterocycles. The van der Waals surface area contributed by atoms with E-state index >= 15 is 0 Å². The molecule has 0 saturated carbocycles. The second-order valence-corrected chi connectivity index (χ2v) is 9.05. The van der Waals surface area contributed by atoms with Crippen LogP contribution in [0.1, 0.15) is 27.0 Å². The molecule has 4 rings (SSSR count). The highest BCUT2D eigenvalue weighted by Crippen LogP contribution is 2.16. The molecule has 0 bridgehead atoms. The molecule has 7 nitrogen and oxygen atoms in total. The minimum atomic E-state index is -0.459. The van der Waals surface area contributed by atoms with Gasteiger partial charge in [-0.05, 0) is 48.9 Å². The fraction of sp³-hybridized carbons (Fsp3) is 0.233. The van der Waals surface area contributed by atoms with Crippen molar-refractivity contribution in [2.24, 2.45) is 0 Å². The Balaban J connectivity index is 1.63. The van der Waals surface area contributed by atoms with Crippen LogP contribution in [-0.2, 0) is 22.6 Å². The number of hydrogen-bond donors (Lipinski definition) is 0. The standard InChI is InChI=1S/C30H29FN2O5/c1-21-8-13-27-26(16-21)29(35)24(20-38-27)18-33(17-22-6-4-3-5-7-22)28(34)19-32(14-15-37-2)30(36)23-9-11-25(31)12-10-23/h3-13,16,20H,14-15,17-19H2,1-2H3. The van der Waals surface area contributed by atoms with Gasteiger partial charge in [0, 0.05) is 25.8 Å². The fourth-order valence-corrected chi connectivity index (χ4v) is 4.13. The molecule has 38 heavy (non-hydrogen) atoms. The van der Waals surface area contributed by atoms with Crippen LogP contribution in [0.4, 0.5) is 4.39 Å². The molecule has 1 heterocycles. The van der Waals surface area contributed by atoms with E-state index in [1.165, 1.54) is 47.4 Å². The molecule has 0 radical (unpaired) electrons. The van der Waals surface area contributed by atoms with Gasteiger partial charge in [0.15, 0.2) is 5.43 Å². The maximum Gasteiger partial charge on any atom is 0.254 e. The Morgan fingerprint density at radius 2 is 1.68 bits per heavy atom. The SMILES string of the molecule is COCCN(CC(=O)N(Cc1ccccc1)Cc1coc2ccc(C)cc2c1=O)C(=O)c1ccc(F)cc1. The molecule has 0 saturated heterocycles. The number of hydrogen-bond acceptors (Lipinski definition) is 5. The number of ether oxygens (including phenoxy) is 1. The average Bonchev–Trinajstić information content (AvgIpc) is 2.93. The first-order chi connectivity index (χ1) is 18.4. The Morgan fingerprint density at radius 3 is 2.39 bits per heavy atom. The molecular formula is C30H29FN2O5. The molecule has 2 amide bonds. The number of methoxy groups -OCH3 is 1. The predicted octanol–water partition coefficient (Wildman–Crippen LogP) is 4.56. The van der Waals surface area contributed by atoms with E-state index in [0.29, 0.717) is 16.5 Å². The van der Waals surface area contributed by atoms with E-state index in [-0.39, 0.29) is 49.7 Å². The summed E-state index contributed by atoms with van der Waals surface area (Å²) in [4.78, 5) is 43.0. The smallest absolute Gasteiger partial charge is 0.254 e. The van der Waals surface area contributed by atoms with Gasteiger partial charge in [-0.3, -0.25) is 14.4 Å². The second kappa shape index (κ2) is 12.3. The number of halogens is 1. The molecule has 0 aliphatic heterocycles. The molecule has 0 fully saturated rings. The number of aryl methyl sites for hydroxylation is 1. The molecule has 0 aliphatic carbocycles. The Morgan fingerprint density at radius 1 is 0.947 bits per heavy atom. The van der Waals surface area contributed by atoms with Crippen molar-refractivity contribution in [2.45, 2.75) is 20.0 Å². The number of fused-ring (bicyclic) bond motifs is 1. The lowest BCUT2D eigenvalue weighted by Crippen LogP contribution is -2.44. The van der Waals surface area contributed by atoms with Gasteiger partial charge in [0.05, 0.1) is 30.4 Å². The van der Waals surface area contributed by atoms with Gasteiger partial charge in [-0.1, -0.05) is 42.0 Å². The number of nitrogens with zero attached hydrogens (tertiary/aromatic N) is 2. The first kappa shape index (κ1) is 26.8. The van der Waals surface area contributed by atoms with Crippen molar-refractivity contribution in [3.8, 4) is 0 Å². The quantitative estimate of drug-likeness (QED) is 0.309. The maximum absolute atomic E-state index is 13.6. The van der Waals surface area contributed by atoms with Gasteiger partial charge in [-0.25, -0.2) is 4.39 Å². The van der Waals surface area contributed by atoms with Crippen molar-refractivity contribution in [2.75, 3.05) is 26.8 Å². The summed E-state index contributed by atoms with van der Waals surface area (Å²) in [6, 6.07) is 19.9. The zero-order valence-electron chi connectivity index (χ0n) is 21.4. The Kier molecular flexibility index (Phi) is 8.66. The zero-order valence-corrected chi connectivity index (χ0v) is 21.4. The summed E-state index contributed by atoms with van der Waals surface area (Å²) in [5, 5.41) is 0.447. The molecule has 3 aromatic carbocycles. The highest BCUT2D eigenvalue weighted by atomic mass is 19.1. The molecule has 0 atom stereocenters. The van der Waals surface area contributed by atoms with Crippen molar-refractivity contribution in [3.63, 3.8) is 0 Å². The summed E-state index contributed by atoms with van der Waals surface area (Å²) in [6.45, 7) is 2.26. The number of carbonyl (C=O) groups excluding carboxylic acids is 2. The largest absolute Gasteiger partial charge is 0.464 e. The summed E-state index contributed by atoms with van der Waals surface area (Å²) in [5.74, 6) is -1.24. The van der Waals surface area contributed by atoms with E-state index in [9.17, 15) is 18.8 Å². The van der Waals surface area contributed by atoms with Gasteiger partial charge in [0.2, 0.25) is 5.91 Å². The lowest BCUT2D eigenvalue weighted by Gasteiger charge is -2.28. The summed E-state index contributed by atoms with van der Waals surface area (Å²) in [7, 11) is 1.50. The van der Waals surface area contributed by atoms with Crippen LogP contribution < -0.4 is 5.43 Å². The molecular weight excluding hydrogens is 487 g/mol. The third kappa shape index (κ3) is 6.52. The van der Waals surface area contributed by atoms with Crippen molar-refractivity contribution >= 4 is 22.8 Å². The second-order valence-electron chi connectivity index (χ2n) is 9.05. The molecule has 8 heteroatoms. The topological polar surface area (TPSA) is 80.1 Å².